The first kappa shape index (κ1) is 20.9. The Hall–Kier alpha value is -2.44. The van der Waals surface area contributed by atoms with Gasteiger partial charge in [-0.2, -0.15) is 0 Å². The van der Waals surface area contributed by atoms with Crippen molar-refractivity contribution in [2.75, 3.05) is 6.61 Å². The van der Waals surface area contributed by atoms with Crippen LogP contribution in [0.5, 0.6) is 5.75 Å². The van der Waals surface area contributed by atoms with E-state index in [1.807, 2.05) is 19.9 Å². The molecule has 1 atom stereocenters. The van der Waals surface area contributed by atoms with E-state index >= 15 is 0 Å². The van der Waals surface area contributed by atoms with Crippen LogP contribution in [0.2, 0.25) is 0 Å². The van der Waals surface area contributed by atoms with E-state index in [9.17, 15) is 15.0 Å². The number of pyridine rings is 1. The number of esters is 1. The van der Waals surface area contributed by atoms with E-state index < -0.39 is 17.4 Å². The third-order valence-electron chi connectivity index (χ3n) is 5.07. The standard InChI is InChI=1S/C21H28N2O4/c1-4-21(22,5-2)13-27-20(26)17-9-7-6-8-15(17)10-18-16(12-24)11-23-14(3)19(18)25/h6-11,17,24-25H,4-5,12-13,22H2,1-3H3. The number of allylic oxidation sites excluding steroid dienone is 3. The van der Waals surface area contributed by atoms with Gasteiger partial charge in [-0.15, -0.1) is 0 Å². The normalized spacial score (nSPS) is 18.1. The number of carbonyl (C=O) groups excluding carboxylic acids is 1. The molecule has 1 aromatic rings. The molecule has 1 heterocycles. The number of carbonyl (C=O) groups is 1. The zero-order chi connectivity index (χ0) is 20.0. The van der Waals surface area contributed by atoms with Crippen molar-refractivity contribution in [2.24, 2.45) is 11.7 Å². The molecule has 0 aliphatic heterocycles. The Bertz CT molecular complexity index is 777. The van der Waals surface area contributed by atoms with Gasteiger partial charge in [0, 0.05) is 22.9 Å². The zero-order valence-corrected chi connectivity index (χ0v) is 16.1. The van der Waals surface area contributed by atoms with E-state index in [-0.39, 0.29) is 19.0 Å². The molecule has 0 fully saturated rings. The van der Waals surface area contributed by atoms with Crippen LogP contribution in [0, 0.1) is 12.8 Å². The number of aromatic nitrogens is 1. The van der Waals surface area contributed by atoms with Crippen LogP contribution in [0.4, 0.5) is 0 Å². The quantitative estimate of drug-likeness (QED) is 0.636. The minimum Gasteiger partial charge on any atom is -0.505 e. The number of hydrogen-bond donors (Lipinski definition) is 3. The number of aromatic hydroxyl groups is 1. The molecule has 4 N–H and O–H groups in total. The predicted molar refractivity (Wildman–Crippen MR) is 105 cm³/mol. The summed E-state index contributed by atoms with van der Waals surface area (Å²) in [5.41, 5.74) is 7.73. The Kier molecular flexibility index (Phi) is 6.93. The van der Waals surface area contributed by atoms with Crippen LogP contribution in [0.25, 0.3) is 6.08 Å². The monoisotopic (exact) mass is 372 g/mol. The highest BCUT2D eigenvalue weighted by Gasteiger charge is 2.27. The molecule has 6 heteroatoms. The Morgan fingerprint density at radius 2 is 2.07 bits per heavy atom. The van der Waals surface area contributed by atoms with Crippen molar-refractivity contribution < 1.29 is 19.7 Å². The summed E-state index contributed by atoms with van der Waals surface area (Å²) >= 11 is 0. The molecule has 0 aromatic carbocycles. The van der Waals surface area contributed by atoms with E-state index in [4.69, 9.17) is 10.5 Å². The fourth-order valence-corrected chi connectivity index (χ4v) is 2.77. The minimum absolute atomic E-state index is 0.0120. The predicted octanol–water partition coefficient (Wildman–Crippen LogP) is 2.77. The molecule has 0 bridgehead atoms. The van der Waals surface area contributed by atoms with Crippen LogP contribution in [0.1, 0.15) is 43.5 Å². The Morgan fingerprint density at radius 3 is 2.70 bits per heavy atom. The lowest BCUT2D eigenvalue weighted by molar-refractivity contribution is -0.147. The van der Waals surface area contributed by atoms with Gasteiger partial charge in [-0.3, -0.25) is 9.78 Å². The number of nitrogens with two attached hydrogens (primary N) is 1. The average Bonchev–Trinajstić information content (AvgIpc) is 2.70. The summed E-state index contributed by atoms with van der Waals surface area (Å²) in [6.45, 7) is 5.50. The van der Waals surface area contributed by atoms with E-state index in [2.05, 4.69) is 4.98 Å². The van der Waals surface area contributed by atoms with Gasteiger partial charge in [0.1, 0.15) is 18.3 Å². The molecular formula is C21H28N2O4. The fraction of sp³-hybridized carbons (Fsp3) is 0.429. The number of rotatable bonds is 7. The molecule has 2 rings (SSSR count). The average molecular weight is 372 g/mol. The molecule has 0 amide bonds. The Balaban J connectivity index is 2.30. The topological polar surface area (TPSA) is 106 Å². The number of aliphatic hydroxyl groups excluding tert-OH is 1. The smallest absolute Gasteiger partial charge is 0.317 e. The molecule has 27 heavy (non-hydrogen) atoms. The van der Waals surface area contributed by atoms with Gasteiger partial charge >= 0.3 is 5.97 Å². The van der Waals surface area contributed by atoms with Crippen molar-refractivity contribution >= 4 is 12.0 Å². The molecule has 0 radical (unpaired) electrons. The number of aliphatic hydroxyl groups is 1. The van der Waals surface area contributed by atoms with Crippen LogP contribution >= 0.6 is 0 Å². The van der Waals surface area contributed by atoms with E-state index in [1.165, 1.54) is 6.20 Å². The largest absolute Gasteiger partial charge is 0.505 e. The number of ether oxygens (including phenoxy) is 1. The van der Waals surface area contributed by atoms with Gasteiger partial charge < -0.3 is 20.7 Å². The number of nitrogens with zero attached hydrogens (tertiary/aromatic N) is 1. The van der Waals surface area contributed by atoms with Gasteiger partial charge in [0.2, 0.25) is 0 Å². The fourth-order valence-electron chi connectivity index (χ4n) is 2.77. The summed E-state index contributed by atoms with van der Waals surface area (Å²) < 4.78 is 5.49. The maximum absolute atomic E-state index is 12.7. The van der Waals surface area contributed by atoms with Crippen molar-refractivity contribution in [3.8, 4) is 5.75 Å². The van der Waals surface area contributed by atoms with Crippen LogP contribution < -0.4 is 5.73 Å². The molecule has 0 spiro atoms. The summed E-state index contributed by atoms with van der Waals surface area (Å²) in [6, 6.07) is 0. The third-order valence-corrected chi connectivity index (χ3v) is 5.07. The highest BCUT2D eigenvalue weighted by atomic mass is 16.5. The highest BCUT2D eigenvalue weighted by molar-refractivity contribution is 5.83. The lowest BCUT2D eigenvalue weighted by atomic mass is 9.91. The molecule has 0 saturated carbocycles. The van der Waals surface area contributed by atoms with E-state index in [0.717, 1.165) is 0 Å². The second-order valence-electron chi connectivity index (χ2n) is 6.83. The molecule has 1 aliphatic carbocycles. The van der Waals surface area contributed by atoms with Gasteiger partial charge in [-0.1, -0.05) is 38.2 Å². The molecule has 1 unspecified atom stereocenters. The Morgan fingerprint density at radius 1 is 1.37 bits per heavy atom. The first-order chi connectivity index (χ1) is 12.8. The molecule has 6 nitrogen and oxygen atoms in total. The Labute approximate surface area is 160 Å². The van der Waals surface area contributed by atoms with Gasteiger partial charge in [0.05, 0.1) is 12.3 Å². The SMILES string of the molecule is CCC(N)(CC)COC(=O)C1C=CC=CC1=Cc1c(CO)cnc(C)c1O. The molecule has 1 aliphatic rings. The van der Waals surface area contributed by atoms with Gasteiger partial charge in [0.25, 0.3) is 0 Å². The van der Waals surface area contributed by atoms with Crippen molar-refractivity contribution in [1.82, 2.24) is 4.98 Å². The maximum Gasteiger partial charge on any atom is 0.317 e. The third kappa shape index (κ3) is 4.84. The lowest BCUT2D eigenvalue weighted by Gasteiger charge is -2.27. The molecule has 1 aromatic heterocycles. The molecule has 146 valence electrons. The summed E-state index contributed by atoms with van der Waals surface area (Å²) in [4.78, 5) is 16.7. The van der Waals surface area contributed by atoms with Crippen LogP contribution in [0.3, 0.4) is 0 Å². The van der Waals surface area contributed by atoms with Crippen molar-refractivity contribution in [3.63, 3.8) is 0 Å². The van der Waals surface area contributed by atoms with Gasteiger partial charge in [0.15, 0.2) is 0 Å². The molecule has 0 saturated heterocycles. The molecular weight excluding hydrogens is 344 g/mol. The van der Waals surface area contributed by atoms with E-state index in [1.54, 1.807) is 31.2 Å². The second-order valence-corrected chi connectivity index (χ2v) is 6.83. The number of hydrogen-bond acceptors (Lipinski definition) is 6. The lowest BCUT2D eigenvalue weighted by Crippen LogP contribution is -2.44. The van der Waals surface area contributed by atoms with Crippen molar-refractivity contribution in [1.29, 1.82) is 0 Å². The minimum atomic E-state index is -0.604. The summed E-state index contributed by atoms with van der Waals surface area (Å²) in [6.07, 6.45) is 11.8. The van der Waals surface area contributed by atoms with Gasteiger partial charge in [-0.05, 0) is 31.4 Å². The summed E-state index contributed by atoms with van der Waals surface area (Å²) in [5.74, 6) is -1.01. The van der Waals surface area contributed by atoms with Crippen LogP contribution in [0.15, 0.2) is 36.1 Å². The van der Waals surface area contributed by atoms with Crippen molar-refractivity contribution in [3.05, 3.63) is 52.9 Å². The van der Waals surface area contributed by atoms with E-state index in [0.29, 0.717) is 35.2 Å². The van der Waals surface area contributed by atoms with Crippen LogP contribution in [-0.4, -0.2) is 33.3 Å². The first-order valence-corrected chi connectivity index (χ1v) is 9.15. The number of aryl methyl sites for hydroxylation is 1. The zero-order valence-electron chi connectivity index (χ0n) is 16.1. The van der Waals surface area contributed by atoms with Gasteiger partial charge in [-0.25, -0.2) is 0 Å². The highest BCUT2D eigenvalue weighted by Crippen LogP contribution is 2.30. The summed E-state index contributed by atoms with van der Waals surface area (Å²) in [5, 5.41) is 19.9. The van der Waals surface area contributed by atoms with Crippen LogP contribution in [-0.2, 0) is 16.1 Å². The summed E-state index contributed by atoms with van der Waals surface area (Å²) in [7, 11) is 0. The van der Waals surface area contributed by atoms with Crippen molar-refractivity contribution in [2.45, 2.75) is 45.8 Å². The second kappa shape index (κ2) is 8.97. The maximum atomic E-state index is 12.7. The first-order valence-electron chi connectivity index (χ1n) is 9.15.